The van der Waals surface area contributed by atoms with E-state index in [1.165, 1.54) is 6.92 Å². The minimum Gasteiger partial charge on any atom is -0.322 e. The number of aryl methyl sites for hydroxylation is 1. The molecule has 7 nitrogen and oxygen atoms in total. The van der Waals surface area contributed by atoms with E-state index in [-0.39, 0.29) is 11.7 Å². The van der Waals surface area contributed by atoms with E-state index in [4.69, 9.17) is 0 Å². The van der Waals surface area contributed by atoms with Gasteiger partial charge in [-0.05, 0) is 60.7 Å². The number of tetrazole rings is 1. The van der Waals surface area contributed by atoms with Crippen molar-refractivity contribution in [1.82, 2.24) is 20.2 Å². The van der Waals surface area contributed by atoms with E-state index >= 15 is 0 Å². The standard InChI is InChI=1S/C18H17N5O2/c1-3-23-17(20-21-22-23)14-5-4-6-15(11-14)18(25)19-16-9-7-13(8-10-16)12(2)24/h4-11H,3H2,1-2H3,(H,19,25). The molecule has 1 amide bonds. The lowest BCUT2D eigenvalue weighted by atomic mass is 10.1. The number of Topliss-reactive ketones (excluding diaryl/α,β-unsaturated/α-hetero) is 1. The van der Waals surface area contributed by atoms with Crippen molar-refractivity contribution in [3.8, 4) is 11.4 Å². The van der Waals surface area contributed by atoms with Crippen LogP contribution in [0.5, 0.6) is 0 Å². The van der Waals surface area contributed by atoms with E-state index in [1.54, 1.807) is 47.1 Å². The molecule has 0 aliphatic heterocycles. The van der Waals surface area contributed by atoms with E-state index < -0.39 is 0 Å². The average Bonchev–Trinajstić information content (AvgIpc) is 3.11. The molecule has 1 heterocycles. The molecule has 3 rings (SSSR count). The minimum absolute atomic E-state index is 0.0146. The summed E-state index contributed by atoms with van der Waals surface area (Å²) in [5.41, 5.74) is 2.50. The van der Waals surface area contributed by atoms with Crippen molar-refractivity contribution in [2.45, 2.75) is 20.4 Å². The van der Waals surface area contributed by atoms with Crippen molar-refractivity contribution >= 4 is 17.4 Å². The first-order chi connectivity index (χ1) is 12.1. The largest absolute Gasteiger partial charge is 0.322 e. The van der Waals surface area contributed by atoms with Crippen LogP contribution < -0.4 is 5.32 Å². The van der Waals surface area contributed by atoms with Crippen LogP contribution in [0.25, 0.3) is 11.4 Å². The Morgan fingerprint density at radius 3 is 2.52 bits per heavy atom. The first kappa shape index (κ1) is 16.5. The molecule has 7 heteroatoms. The van der Waals surface area contributed by atoms with Gasteiger partial charge in [0.25, 0.3) is 5.91 Å². The maximum atomic E-state index is 12.5. The van der Waals surface area contributed by atoms with Gasteiger partial charge in [0.1, 0.15) is 0 Å². The van der Waals surface area contributed by atoms with Crippen LogP contribution in [0.15, 0.2) is 48.5 Å². The lowest BCUT2D eigenvalue weighted by Gasteiger charge is -2.07. The summed E-state index contributed by atoms with van der Waals surface area (Å²) in [6.07, 6.45) is 0. The van der Waals surface area contributed by atoms with Crippen LogP contribution in [-0.2, 0) is 6.54 Å². The van der Waals surface area contributed by atoms with Gasteiger partial charge in [-0.3, -0.25) is 9.59 Å². The number of carbonyl (C=O) groups is 2. The van der Waals surface area contributed by atoms with Crippen LogP contribution in [0.1, 0.15) is 34.6 Å². The fourth-order valence-electron chi connectivity index (χ4n) is 2.42. The molecule has 0 unspecified atom stereocenters. The van der Waals surface area contributed by atoms with E-state index in [1.807, 2.05) is 13.0 Å². The van der Waals surface area contributed by atoms with E-state index in [0.717, 1.165) is 5.56 Å². The maximum Gasteiger partial charge on any atom is 0.255 e. The molecule has 0 fully saturated rings. The topological polar surface area (TPSA) is 89.8 Å². The number of ketones is 1. The van der Waals surface area contributed by atoms with Crippen molar-refractivity contribution in [1.29, 1.82) is 0 Å². The number of benzene rings is 2. The predicted molar refractivity (Wildman–Crippen MR) is 93.3 cm³/mol. The molecule has 126 valence electrons. The third-order valence-corrected chi connectivity index (χ3v) is 3.76. The molecule has 0 atom stereocenters. The molecule has 0 aliphatic rings. The number of rotatable bonds is 5. The highest BCUT2D eigenvalue weighted by Gasteiger charge is 2.12. The Balaban J connectivity index is 1.81. The van der Waals surface area contributed by atoms with Crippen LogP contribution in [0.3, 0.4) is 0 Å². The Kier molecular flexibility index (Phi) is 4.65. The smallest absolute Gasteiger partial charge is 0.255 e. The molecular formula is C18H17N5O2. The van der Waals surface area contributed by atoms with Crippen molar-refractivity contribution < 1.29 is 9.59 Å². The van der Waals surface area contributed by atoms with Gasteiger partial charge in [-0.25, -0.2) is 4.68 Å². The quantitative estimate of drug-likeness (QED) is 0.724. The van der Waals surface area contributed by atoms with E-state index in [9.17, 15) is 9.59 Å². The summed E-state index contributed by atoms with van der Waals surface area (Å²) in [5, 5.41) is 14.4. The van der Waals surface area contributed by atoms with Gasteiger partial charge >= 0.3 is 0 Å². The third kappa shape index (κ3) is 3.60. The van der Waals surface area contributed by atoms with Gasteiger partial charge in [-0.1, -0.05) is 12.1 Å². The number of amides is 1. The number of carbonyl (C=O) groups excluding carboxylic acids is 2. The average molecular weight is 335 g/mol. The fraction of sp³-hybridized carbons (Fsp3) is 0.167. The van der Waals surface area contributed by atoms with Crippen molar-refractivity contribution in [2.75, 3.05) is 5.32 Å². The number of nitrogens with one attached hydrogen (secondary N) is 1. The van der Waals surface area contributed by atoms with Gasteiger partial charge in [0.15, 0.2) is 11.6 Å². The summed E-state index contributed by atoms with van der Waals surface area (Å²) in [7, 11) is 0. The van der Waals surface area contributed by atoms with Crippen molar-refractivity contribution in [2.24, 2.45) is 0 Å². The lowest BCUT2D eigenvalue weighted by Crippen LogP contribution is -2.12. The Labute approximate surface area is 144 Å². The summed E-state index contributed by atoms with van der Waals surface area (Å²) < 4.78 is 1.66. The second kappa shape index (κ2) is 7.04. The summed E-state index contributed by atoms with van der Waals surface area (Å²) in [6, 6.07) is 13.9. The lowest BCUT2D eigenvalue weighted by molar-refractivity contribution is 0.101. The maximum absolute atomic E-state index is 12.5. The molecule has 2 aromatic carbocycles. The van der Waals surface area contributed by atoms with Crippen LogP contribution in [0.2, 0.25) is 0 Å². The fourth-order valence-corrected chi connectivity index (χ4v) is 2.42. The summed E-state index contributed by atoms with van der Waals surface area (Å²) in [6.45, 7) is 4.09. The van der Waals surface area contributed by atoms with Crippen LogP contribution in [0, 0.1) is 0 Å². The molecule has 1 N–H and O–H groups in total. The minimum atomic E-state index is -0.243. The summed E-state index contributed by atoms with van der Waals surface area (Å²) >= 11 is 0. The highest BCUT2D eigenvalue weighted by Crippen LogP contribution is 2.18. The highest BCUT2D eigenvalue weighted by atomic mass is 16.1. The van der Waals surface area contributed by atoms with Crippen LogP contribution in [-0.4, -0.2) is 31.9 Å². The van der Waals surface area contributed by atoms with Gasteiger partial charge in [0.2, 0.25) is 0 Å². The number of anilines is 1. The van der Waals surface area contributed by atoms with Crippen molar-refractivity contribution in [3.05, 3.63) is 59.7 Å². The Morgan fingerprint density at radius 2 is 1.84 bits per heavy atom. The number of nitrogens with zero attached hydrogens (tertiary/aromatic N) is 4. The predicted octanol–water partition coefficient (Wildman–Crippen LogP) is 2.81. The second-order valence-electron chi connectivity index (χ2n) is 5.49. The van der Waals surface area contributed by atoms with Crippen LogP contribution >= 0.6 is 0 Å². The number of hydrogen-bond donors (Lipinski definition) is 1. The zero-order chi connectivity index (χ0) is 17.8. The summed E-state index contributed by atoms with van der Waals surface area (Å²) in [5.74, 6) is 0.357. The molecular weight excluding hydrogens is 318 g/mol. The molecule has 0 bridgehead atoms. The Morgan fingerprint density at radius 1 is 1.08 bits per heavy atom. The molecule has 0 radical (unpaired) electrons. The molecule has 1 aromatic heterocycles. The van der Waals surface area contributed by atoms with Crippen LogP contribution in [0.4, 0.5) is 5.69 Å². The van der Waals surface area contributed by atoms with Gasteiger partial charge in [-0.15, -0.1) is 5.10 Å². The molecule has 25 heavy (non-hydrogen) atoms. The monoisotopic (exact) mass is 335 g/mol. The van der Waals surface area contributed by atoms with Gasteiger partial charge in [0, 0.05) is 28.9 Å². The normalized spacial score (nSPS) is 10.5. The molecule has 0 saturated heterocycles. The van der Waals surface area contributed by atoms with Gasteiger partial charge in [-0.2, -0.15) is 0 Å². The van der Waals surface area contributed by atoms with E-state index in [0.29, 0.717) is 29.2 Å². The summed E-state index contributed by atoms with van der Waals surface area (Å²) in [4.78, 5) is 23.8. The van der Waals surface area contributed by atoms with Gasteiger partial charge in [0.05, 0.1) is 0 Å². The Hall–Kier alpha value is -3.35. The third-order valence-electron chi connectivity index (χ3n) is 3.76. The molecule has 0 saturated carbocycles. The molecule has 0 aliphatic carbocycles. The highest BCUT2D eigenvalue weighted by molar-refractivity contribution is 6.05. The Bertz CT molecular complexity index is 915. The van der Waals surface area contributed by atoms with Crippen molar-refractivity contribution in [3.63, 3.8) is 0 Å². The SMILES string of the molecule is CCn1nnnc1-c1cccc(C(=O)Nc2ccc(C(C)=O)cc2)c1. The first-order valence-corrected chi connectivity index (χ1v) is 7.87. The first-order valence-electron chi connectivity index (χ1n) is 7.87. The number of hydrogen-bond acceptors (Lipinski definition) is 5. The molecule has 0 spiro atoms. The zero-order valence-corrected chi connectivity index (χ0v) is 13.9. The number of aromatic nitrogens is 4. The zero-order valence-electron chi connectivity index (χ0n) is 13.9. The van der Waals surface area contributed by atoms with E-state index in [2.05, 4.69) is 20.8 Å². The second-order valence-corrected chi connectivity index (χ2v) is 5.49. The van der Waals surface area contributed by atoms with Gasteiger partial charge < -0.3 is 5.32 Å². The molecule has 3 aromatic rings.